The summed E-state index contributed by atoms with van der Waals surface area (Å²) in [5.41, 5.74) is 0.576. The first-order valence-electron chi connectivity index (χ1n) is 5.93. The highest BCUT2D eigenvalue weighted by molar-refractivity contribution is 8.00. The lowest BCUT2D eigenvalue weighted by Crippen LogP contribution is -2.34. The number of aromatic nitrogens is 1. The van der Waals surface area contributed by atoms with Crippen LogP contribution in [0, 0.1) is 11.3 Å². The summed E-state index contributed by atoms with van der Waals surface area (Å²) in [5, 5.41) is 20.8. The molecule has 2 aliphatic heterocycles. The van der Waals surface area contributed by atoms with Gasteiger partial charge in [-0.05, 0) is 31.7 Å². The van der Waals surface area contributed by atoms with E-state index in [4.69, 9.17) is 5.26 Å². The van der Waals surface area contributed by atoms with Crippen molar-refractivity contribution >= 4 is 11.8 Å². The minimum absolute atomic E-state index is 0.529. The van der Waals surface area contributed by atoms with Gasteiger partial charge in [0.15, 0.2) is 0 Å². The fourth-order valence-electron chi connectivity index (χ4n) is 2.91. The van der Waals surface area contributed by atoms with Crippen LogP contribution in [-0.2, 0) is 5.60 Å². The van der Waals surface area contributed by atoms with E-state index >= 15 is 0 Å². The average molecular weight is 246 g/mol. The minimum Gasteiger partial charge on any atom is -0.385 e. The monoisotopic (exact) mass is 246 g/mol. The van der Waals surface area contributed by atoms with Crippen molar-refractivity contribution < 1.29 is 5.11 Å². The van der Waals surface area contributed by atoms with Crippen molar-refractivity contribution in [2.75, 3.05) is 0 Å². The molecule has 2 fully saturated rings. The highest BCUT2D eigenvalue weighted by Crippen LogP contribution is 2.51. The molecule has 1 aromatic heterocycles. The number of hydrogen-bond acceptors (Lipinski definition) is 4. The van der Waals surface area contributed by atoms with Crippen LogP contribution in [0.5, 0.6) is 0 Å². The van der Waals surface area contributed by atoms with Gasteiger partial charge in [0.2, 0.25) is 0 Å². The summed E-state index contributed by atoms with van der Waals surface area (Å²) >= 11 is 2.01. The van der Waals surface area contributed by atoms with Crippen molar-refractivity contribution in [2.45, 2.75) is 41.8 Å². The number of nitriles is 1. The lowest BCUT2D eigenvalue weighted by Gasteiger charge is -2.36. The maximum Gasteiger partial charge on any atom is 0.101 e. The van der Waals surface area contributed by atoms with E-state index in [9.17, 15) is 5.11 Å². The largest absolute Gasteiger partial charge is 0.385 e. The number of nitrogens with zero attached hydrogens (tertiary/aromatic N) is 2. The summed E-state index contributed by atoms with van der Waals surface area (Å²) in [7, 11) is 0. The molecular formula is C13H14N2OS. The van der Waals surface area contributed by atoms with Crippen LogP contribution in [0.25, 0.3) is 0 Å². The molecular weight excluding hydrogens is 232 g/mol. The SMILES string of the molecule is N#Cc1cncc(C2(O)CC3CCC(C2)S3)c1. The van der Waals surface area contributed by atoms with E-state index in [1.807, 2.05) is 11.8 Å². The Morgan fingerprint density at radius 1 is 1.35 bits per heavy atom. The predicted molar refractivity (Wildman–Crippen MR) is 66.5 cm³/mol. The highest BCUT2D eigenvalue weighted by Gasteiger charge is 2.44. The van der Waals surface area contributed by atoms with Crippen molar-refractivity contribution in [1.29, 1.82) is 5.26 Å². The van der Waals surface area contributed by atoms with Crippen LogP contribution in [0.15, 0.2) is 18.5 Å². The number of rotatable bonds is 1. The van der Waals surface area contributed by atoms with E-state index in [2.05, 4.69) is 11.1 Å². The first-order valence-corrected chi connectivity index (χ1v) is 6.87. The summed E-state index contributed by atoms with van der Waals surface area (Å²) in [6.07, 6.45) is 7.26. The topological polar surface area (TPSA) is 56.9 Å². The van der Waals surface area contributed by atoms with Crippen molar-refractivity contribution in [3.63, 3.8) is 0 Å². The predicted octanol–water partition coefficient (Wildman–Crippen LogP) is 2.20. The summed E-state index contributed by atoms with van der Waals surface area (Å²) in [5.74, 6) is 0. The average Bonchev–Trinajstić information content (AvgIpc) is 2.69. The molecule has 17 heavy (non-hydrogen) atoms. The standard InChI is InChI=1S/C13H14N2OS/c14-6-9-3-10(8-15-7-9)13(16)4-11-1-2-12(5-13)17-11/h3,7-8,11-12,16H,1-2,4-5H2. The third-order valence-electron chi connectivity index (χ3n) is 3.73. The molecule has 0 aliphatic carbocycles. The number of fused-ring (bicyclic) bond motifs is 2. The van der Waals surface area contributed by atoms with Gasteiger partial charge in [-0.3, -0.25) is 4.98 Å². The Hall–Kier alpha value is -1.05. The Balaban J connectivity index is 1.94. The zero-order valence-corrected chi connectivity index (χ0v) is 10.3. The van der Waals surface area contributed by atoms with Crippen molar-refractivity contribution in [3.8, 4) is 6.07 Å². The summed E-state index contributed by atoms with van der Waals surface area (Å²) in [6.45, 7) is 0. The maximum absolute atomic E-state index is 10.8. The van der Waals surface area contributed by atoms with Crippen LogP contribution in [0.2, 0.25) is 0 Å². The van der Waals surface area contributed by atoms with Gasteiger partial charge in [0, 0.05) is 28.5 Å². The second-order valence-electron chi connectivity index (χ2n) is 4.97. The smallest absolute Gasteiger partial charge is 0.101 e. The molecule has 2 aliphatic rings. The zero-order chi connectivity index (χ0) is 11.9. The van der Waals surface area contributed by atoms with Gasteiger partial charge in [-0.1, -0.05) is 0 Å². The van der Waals surface area contributed by atoms with Gasteiger partial charge in [0.05, 0.1) is 11.2 Å². The fourth-order valence-corrected chi connectivity index (χ4v) is 4.74. The van der Waals surface area contributed by atoms with Crippen LogP contribution >= 0.6 is 11.8 Å². The van der Waals surface area contributed by atoms with E-state index in [1.54, 1.807) is 18.5 Å². The van der Waals surface area contributed by atoms with E-state index < -0.39 is 5.60 Å². The second kappa shape index (κ2) is 4.01. The number of pyridine rings is 1. The van der Waals surface area contributed by atoms with E-state index in [-0.39, 0.29) is 0 Å². The maximum atomic E-state index is 10.8. The quantitative estimate of drug-likeness (QED) is 0.825. The molecule has 2 saturated heterocycles. The Labute approximate surface area is 105 Å². The lowest BCUT2D eigenvalue weighted by molar-refractivity contribution is 0.0193. The first kappa shape index (κ1) is 11.1. The summed E-state index contributed by atoms with van der Waals surface area (Å²) < 4.78 is 0. The minimum atomic E-state index is -0.767. The van der Waals surface area contributed by atoms with Gasteiger partial charge in [0.1, 0.15) is 6.07 Å². The van der Waals surface area contributed by atoms with Crippen molar-refractivity contribution in [1.82, 2.24) is 4.98 Å². The Kier molecular flexibility index (Phi) is 2.61. The first-order chi connectivity index (χ1) is 8.19. The Morgan fingerprint density at radius 3 is 2.71 bits per heavy atom. The Bertz CT molecular complexity index is 471. The van der Waals surface area contributed by atoms with Crippen LogP contribution in [-0.4, -0.2) is 20.6 Å². The third-order valence-corrected chi connectivity index (χ3v) is 5.31. The number of hydrogen-bond donors (Lipinski definition) is 1. The number of aliphatic hydroxyl groups is 1. The molecule has 0 spiro atoms. The van der Waals surface area contributed by atoms with Gasteiger partial charge >= 0.3 is 0 Å². The van der Waals surface area contributed by atoms with E-state index in [1.165, 1.54) is 12.8 Å². The molecule has 0 amide bonds. The third kappa shape index (κ3) is 1.94. The zero-order valence-electron chi connectivity index (χ0n) is 9.47. The van der Waals surface area contributed by atoms with Crippen molar-refractivity contribution in [2.24, 2.45) is 0 Å². The van der Waals surface area contributed by atoms with Gasteiger partial charge in [-0.2, -0.15) is 17.0 Å². The molecule has 2 atom stereocenters. The van der Waals surface area contributed by atoms with Crippen LogP contribution in [0.1, 0.15) is 36.8 Å². The summed E-state index contributed by atoms with van der Waals surface area (Å²) in [6, 6.07) is 3.86. The molecule has 0 saturated carbocycles. The second-order valence-corrected chi connectivity index (χ2v) is 6.58. The lowest BCUT2D eigenvalue weighted by atomic mass is 9.86. The van der Waals surface area contributed by atoms with Crippen LogP contribution in [0.4, 0.5) is 0 Å². The molecule has 2 unspecified atom stereocenters. The molecule has 1 N–H and O–H groups in total. The molecule has 3 nitrogen and oxygen atoms in total. The normalized spacial score (nSPS) is 35.5. The van der Waals surface area contributed by atoms with E-state index in [0.29, 0.717) is 16.1 Å². The van der Waals surface area contributed by atoms with Crippen LogP contribution in [0.3, 0.4) is 0 Å². The Morgan fingerprint density at radius 2 is 2.06 bits per heavy atom. The van der Waals surface area contributed by atoms with Gasteiger partial charge in [-0.15, -0.1) is 0 Å². The van der Waals surface area contributed by atoms with Crippen molar-refractivity contribution in [3.05, 3.63) is 29.6 Å². The van der Waals surface area contributed by atoms with Gasteiger partial charge in [-0.25, -0.2) is 0 Å². The van der Waals surface area contributed by atoms with Crippen LogP contribution < -0.4 is 0 Å². The summed E-state index contributed by atoms with van der Waals surface area (Å²) in [4.78, 5) is 4.06. The molecule has 3 rings (SSSR count). The van der Waals surface area contributed by atoms with E-state index in [0.717, 1.165) is 18.4 Å². The van der Waals surface area contributed by atoms with Gasteiger partial charge in [0.25, 0.3) is 0 Å². The fraction of sp³-hybridized carbons (Fsp3) is 0.538. The molecule has 1 aromatic rings. The molecule has 2 bridgehead atoms. The molecule has 3 heterocycles. The number of thioether (sulfide) groups is 1. The van der Waals surface area contributed by atoms with Gasteiger partial charge < -0.3 is 5.11 Å². The molecule has 0 radical (unpaired) electrons. The molecule has 88 valence electrons. The molecule has 0 aromatic carbocycles. The molecule has 4 heteroatoms. The highest BCUT2D eigenvalue weighted by atomic mass is 32.2.